The van der Waals surface area contributed by atoms with Crippen LogP contribution in [-0.4, -0.2) is 38.1 Å². The summed E-state index contributed by atoms with van der Waals surface area (Å²) in [4.78, 5) is 23.1. The smallest absolute Gasteiger partial charge is 0.242 e. The van der Waals surface area contributed by atoms with Crippen molar-refractivity contribution in [2.24, 2.45) is 5.41 Å². The number of methoxy groups -OCH3 is 1. The van der Waals surface area contributed by atoms with Gasteiger partial charge in [-0.2, -0.15) is 5.26 Å². The van der Waals surface area contributed by atoms with E-state index in [0.717, 1.165) is 0 Å². The van der Waals surface area contributed by atoms with E-state index in [-0.39, 0.29) is 5.91 Å². The Kier molecular flexibility index (Phi) is 6.21. The zero-order valence-electron chi connectivity index (χ0n) is 10.7. The molecule has 6 nitrogen and oxygen atoms in total. The van der Waals surface area contributed by atoms with Gasteiger partial charge < -0.3 is 15.4 Å². The number of nitrogens with zero attached hydrogens (tertiary/aromatic N) is 1. The SMILES string of the molecule is COCCNC(=O)C(C)NC(=O)C(C)(C)C#N. The van der Waals surface area contributed by atoms with E-state index in [2.05, 4.69) is 10.6 Å². The molecule has 0 bridgehead atoms. The minimum Gasteiger partial charge on any atom is -0.383 e. The lowest BCUT2D eigenvalue weighted by atomic mass is 9.94. The third kappa shape index (κ3) is 5.31. The molecule has 0 aliphatic heterocycles. The fourth-order valence-corrected chi connectivity index (χ4v) is 0.923. The van der Waals surface area contributed by atoms with Gasteiger partial charge in [-0.1, -0.05) is 0 Å². The highest BCUT2D eigenvalue weighted by Crippen LogP contribution is 2.12. The third-order valence-electron chi connectivity index (χ3n) is 2.19. The molecular weight excluding hydrogens is 222 g/mol. The highest BCUT2D eigenvalue weighted by Gasteiger charge is 2.29. The van der Waals surface area contributed by atoms with Crippen molar-refractivity contribution >= 4 is 11.8 Å². The van der Waals surface area contributed by atoms with Crippen molar-refractivity contribution in [1.82, 2.24) is 10.6 Å². The van der Waals surface area contributed by atoms with Crippen LogP contribution in [0.5, 0.6) is 0 Å². The fourth-order valence-electron chi connectivity index (χ4n) is 0.923. The van der Waals surface area contributed by atoms with Crippen molar-refractivity contribution in [3.8, 4) is 6.07 Å². The van der Waals surface area contributed by atoms with Gasteiger partial charge in [0.15, 0.2) is 0 Å². The molecule has 0 heterocycles. The number of hydrogen-bond acceptors (Lipinski definition) is 4. The molecule has 1 atom stereocenters. The Morgan fingerprint density at radius 2 is 2.06 bits per heavy atom. The van der Waals surface area contributed by atoms with Crippen LogP contribution in [-0.2, 0) is 14.3 Å². The minimum absolute atomic E-state index is 0.302. The normalized spacial score (nSPS) is 12.4. The number of amides is 2. The molecule has 0 fully saturated rings. The number of carbonyl (C=O) groups excluding carboxylic acids is 2. The molecule has 0 saturated heterocycles. The second-order valence-electron chi connectivity index (χ2n) is 4.22. The van der Waals surface area contributed by atoms with E-state index in [1.807, 2.05) is 6.07 Å². The van der Waals surface area contributed by atoms with Gasteiger partial charge in [-0.05, 0) is 20.8 Å². The van der Waals surface area contributed by atoms with Gasteiger partial charge >= 0.3 is 0 Å². The lowest BCUT2D eigenvalue weighted by molar-refractivity contribution is -0.132. The van der Waals surface area contributed by atoms with Crippen LogP contribution in [0.3, 0.4) is 0 Å². The average Bonchev–Trinajstić information content (AvgIpc) is 2.28. The van der Waals surface area contributed by atoms with E-state index in [0.29, 0.717) is 13.2 Å². The predicted octanol–water partition coefficient (Wildman–Crippen LogP) is -0.197. The Morgan fingerprint density at radius 3 is 2.53 bits per heavy atom. The molecule has 0 rings (SSSR count). The van der Waals surface area contributed by atoms with Crippen molar-refractivity contribution in [1.29, 1.82) is 5.26 Å². The third-order valence-corrected chi connectivity index (χ3v) is 2.19. The minimum atomic E-state index is -1.14. The van der Waals surface area contributed by atoms with Gasteiger partial charge in [-0.3, -0.25) is 9.59 Å². The Labute approximate surface area is 101 Å². The highest BCUT2D eigenvalue weighted by molar-refractivity contribution is 5.90. The van der Waals surface area contributed by atoms with Gasteiger partial charge in [0.25, 0.3) is 0 Å². The van der Waals surface area contributed by atoms with E-state index < -0.39 is 17.4 Å². The zero-order chi connectivity index (χ0) is 13.5. The van der Waals surface area contributed by atoms with Gasteiger partial charge in [-0.25, -0.2) is 0 Å². The maximum absolute atomic E-state index is 11.6. The number of ether oxygens (including phenoxy) is 1. The van der Waals surface area contributed by atoms with Crippen LogP contribution in [0.1, 0.15) is 20.8 Å². The maximum Gasteiger partial charge on any atom is 0.242 e. The number of rotatable bonds is 6. The van der Waals surface area contributed by atoms with E-state index >= 15 is 0 Å². The highest BCUT2D eigenvalue weighted by atomic mass is 16.5. The molecule has 2 N–H and O–H groups in total. The van der Waals surface area contributed by atoms with Crippen molar-refractivity contribution in [3.05, 3.63) is 0 Å². The molecule has 0 aliphatic carbocycles. The predicted molar refractivity (Wildman–Crippen MR) is 61.9 cm³/mol. The summed E-state index contributed by atoms with van der Waals surface area (Å²) in [6.07, 6.45) is 0. The Hall–Kier alpha value is -1.61. The molecule has 0 radical (unpaired) electrons. The topological polar surface area (TPSA) is 91.2 Å². The number of carbonyl (C=O) groups is 2. The monoisotopic (exact) mass is 241 g/mol. The molecule has 0 spiro atoms. The number of nitriles is 1. The molecule has 96 valence electrons. The molecule has 0 aromatic heterocycles. The van der Waals surface area contributed by atoms with E-state index in [9.17, 15) is 9.59 Å². The molecule has 2 amide bonds. The lowest BCUT2D eigenvalue weighted by Gasteiger charge is -2.19. The molecule has 1 unspecified atom stereocenters. The first-order valence-corrected chi connectivity index (χ1v) is 5.34. The molecule has 0 saturated carbocycles. The van der Waals surface area contributed by atoms with Crippen molar-refractivity contribution in [2.75, 3.05) is 20.3 Å². The van der Waals surface area contributed by atoms with Gasteiger partial charge in [0.05, 0.1) is 12.7 Å². The quantitative estimate of drug-likeness (QED) is 0.630. The van der Waals surface area contributed by atoms with Crippen LogP contribution in [0.4, 0.5) is 0 Å². The lowest BCUT2D eigenvalue weighted by Crippen LogP contribution is -2.49. The maximum atomic E-state index is 11.6. The van der Waals surface area contributed by atoms with Crippen LogP contribution in [0.15, 0.2) is 0 Å². The summed E-state index contributed by atoms with van der Waals surface area (Å²) >= 11 is 0. The van der Waals surface area contributed by atoms with Crippen LogP contribution in [0, 0.1) is 16.7 Å². The van der Waals surface area contributed by atoms with Gasteiger partial charge in [0, 0.05) is 13.7 Å². The Bertz CT molecular complexity index is 320. The number of nitrogens with one attached hydrogen (secondary N) is 2. The summed E-state index contributed by atoms with van der Waals surface area (Å²) in [5, 5.41) is 13.8. The summed E-state index contributed by atoms with van der Waals surface area (Å²) in [6, 6.07) is 1.20. The Morgan fingerprint density at radius 1 is 1.47 bits per heavy atom. The van der Waals surface area contributed by atoms with Gasteiger partial charge in [0.1, 0.15) is 11.5 Å². The van der Waals surface area contributed by atoms with E-state index in [1.54, 1.807) is 6.92 Å². The number of hydrogen-bond donors (Lipinski definition) is 2. The zero-order valence-corrected chi connectivity index (χ0v) is 10.7. The van der Waals surface area contributed by atoms with Crippen LogP contribution in [0.2, 0.25) is 0 Å². The molecule has 0 aromatic rings. The second kappa shape index (κ2) is 6.86. The summed E-state index contributed by atoms with van der Waals surface area (Å²) in [7, 11) is 1.53. The van der Waals surface area contributed by atoms with Crippen molar-refractivity contribution in [2.45, 2.75) is 26.8 Å². The van der Waals surface area contributed by atoms with Crippen LogP contribution >= 0.6 is 0 Å². The van der Waals surface area contributed by atoms with Crippen LogP contribution in [0.25, 0.3) is 0 Å². The first-order chi connectivity index (χ1) is 7.85. The van der Waals surface area contributed by atoms with Gasteiger partial charge in [-0.15, -0.1) is 0 Å². The molecule has 0 aromatic carbocycles. The molecule has 17 heavy (non-hydrogen) atoms. The summed E-state index contributed by atoms with van der Waals surface area (Å²) in [5.74, 6) is -0.765. The largest absolute Gasteiger partial charge is 0.383 e. The molecule has 0 aliphatic rings. The fraction of sp³-hybridized carbons (Fsp3) is 0.727. The standard InChI is InChI=1S/C11H19N3O3/c1-8(9(15)13-5-6-17-4)14-10(16)11(2,3)7-12/h8H,5-6H2,1-4H3,(H,13,15)(H,14,16). The van der Waals surface area contributed by atoms with Gasteiger partial charge in [0.2, 0.25) is 11.8 Å². The van der Waals surface area contributed by atoms with Crippen molar-refractivity contribution < 1.29 is 14.3 Å². The van der Waals surface area contributed by atoms with E-state index in [4.69, 9.17) is 10.00 Å². The van der Waals surface area contributed by atoms with Crippen LogP contribution < -0.4 is 10.6 Å². The first kappa shape index (κ1) is 15.4. The van der Waals surface area contributed by atoms with E-state index in [1.165, 1.54) is 21.0 Å². The average molecular weight is 241 g/mol. The molecule has 6 heteroatoms. The summed E-state index contributed by atoms with van der Waals surface area (Å²) in [5.41, 5.74) is -1.14. The summed E-state index contributed by atoms with van der Waals surface area (Å²) < 4.78 is 4.78. The Balaban J connectivity index is 4.18. The van der Waals surface area contributed by atoms with Crippen molar-refractivity contribution in [3.63, 3.8) is 0 Å². The summed E-state index contributed by atoms with van der Waals surface area (Å²) in [6.45, 7) is 5.36. The second-order valence-corrected chi connectivity index (χ2v) is 4.22. The molecular formula is C11H19N3O3. The first-order valence-electron chi connectivity index (χ1n) is 5.34.